The van der Waals surface area contributed by atoms with Crippen LogP contribution in [0.3, 0.4) is 0 Å². The molecule has 0 aromatic heterocycles. The van der Waals surface area contributed by atoms with Crippen molar-refractivity contribution in [3.05, 3.63) is 54.1 Å². The van der Waals surface area contributed by atoms with E-state index in [1.54, 1.807) is 24.3 Å². The first kappa shape index (κ1) is 15.0. The van der Waals surface area contributed by atoms with Crippen LogP contribution >= 0.6 is 0 Å². The molecular weight excluding hydrogens is 294 g/mol. The highest BCUT2D eigenvalue weighted by molar-refractivity contribution is 7.85. The Balaban J connectivity index is 2.12. The number of amides is 1. The second-order valence-corrected chi connectivity index (χ2v) is 5.60. The van der Waals surface area contributed by atoms with Gasteiger partial charge in [0.05, 0.1) is 12.0 Å². The quantitative estimate of drug-likeness (QED) is 0.845. The SMILES string of the molecule is COc1ccc(C(=O)Nc2ccc(S(=O)(=O)O)cc2)cc1. The van der Waals surface area contributed by atoms with E-state index in [2.05, 4.69) is 5.32 Å². The lowest BCUT2D eigenvalue weighted by Gasteiger charge is -2.06. The van der Waals surface area contributed by atoms with Crippen molar-refractivity contribution in [2.24, 2.45) is 0 Å². The van der Waals surface area contributed by atoms with Gasteiger partial charge in [-0.2, -0.15) is 8.42 Å². The maximum Gasteiger partial charge on any atom is 0.294 e. The summed E-state index contributed by atoms with van der Waals surface area (Å²) in [6.45, 7) is 0. The molecule has 0 spiro atoms. The average molecular weight is 307 g/mol. The minimum absolute atomic E-state index is 0.232. The lowest BCUT2D eigenvalue weighted by atomic mass is 10.2. The third-order valence-corrected chi connectivity index (χ3v) is 3.63. The minimum atomic E-state index is -4.23. The van der Waals surface area contributed by atoms with Crippen LogP contribution in [0.2, 0.25) is 0 Å². The van der Waals surface area contributed by atoms with Crippen molar-refractivity contribution in [2.45, 2.75) is 4.90 Å². The third-order valence-electron chi connectivity index (χ3n) is 2.76. The second-order valence-electron chi connectivity index (χ2n) is 4.18. The minimum Gasteiger partial charge on any atom is -0.497 e. The first-order chi connectivity index (χ1) is 9.90. The molecule has 0 bridgehead atoms. The van der Waals surface area contributed by atoms with Crippen LogP contribution in [-0.4, -0.2) is 26.0 Å². The summed E-state index contributed by atoms with van der Waals surface area (Å²) in [6, 6.07) is 11.8. The van der Waals surface area contributed by atoms with Crippen LogP contribution < -0.4 is 10.1 Å². The highest BCUT2D eigenvalue weighted by Crippen LogP contribution is 2.16. The largest absolute Gasteiger partial charge is 0.497 e. The van der Waals surface area contributed by atoms with E-state index in [0.717, 1.165) is 0 Å². The Morgan fingerprint density at radius 3 is 2.10 bits per heavy atom. The summed E-state index contributed by atoms with van der Waals surface area (Å²) in [6.07, 6.45) is 0. The smallest absolute Gasteiger partial charge is 0.294 e. The van der Waals surface area contributed by atoms with E-state index in [1.165, 1.54) is 31.4 Å². The number of rotatable bonds is 4. The normalized spacial score (nSPS) is 11.0. The number of carbonyl (C=O) groups excluding carboxylic acids is 1. The molecule has 0 saturated carbocycles. The molecule has 2 aromatic carbocycles. The standard InChI is InChI=1S/C14H13NO5S/c1-20-12-6-2-10(3-7-12)14(16)15-11-4-8-13(9-5-11)21(17,18)19/h2-9H,1H3,(H,15,16)(H,17,18,19). The molecule has 2 rings (SSSR count). The molecule has 0 aliphatic carbocycles. The van der Waals surface area contributed by atoms with E-state index in [4.69, 9.17) is 9.29 Å². The molecule has 0 saturated heterocycles. The molecule has 0 fully saturated rings. The number of anilines is 1. The van der Waals surface area contributed by atoms with Gasteiger partial charge in [0.25, 0.3) is 16.0 Å². The Morgan fingerprint density at radius 2 is 1.62 bits per heavy atom. The van der Waals surface area contributed by atoms with Crippen molar-refractivity contribution in [1.29, 1.82) is 0 Å². The van der Waals surface area contributed by atoms with E-state index in [0.29, 0.717) is 17.0 Å². The van der Waals surface area contributed by atoms with Gasteiger partial charge >= 0.3 is 0 Å². The Bertz CT molecular complexity index is 736. The average Bonchev–Trinajstić information content (AvgIpc) is 2.47. The van der Waals surface area contributed by atoms with Gasteiger partial charge in [0.15, 0.2) is 0 Å². The van der Waals surface area contributed by atoms with Crippen molar-refractivity contribution in [1.82, 2.24) is 0 Å². The number of ether oxygens (including phenoxy) is 1. The maximum atomic E-state index is 12.0. The number of hydrogen-bond acceptors (Lipinski definition) is 4. The predicted octanol–water partition coefficient (Wildman–Crippen LogP) is 2.19. The topological polar surface area (TPSA) is 92.7 Å². The number of nitrogens with one attached hydrogen (secondary N) is 1. The summed E-state index contributed by atoms with van der Waals surface area (Å²) in [5.41, 5.74) is 0.859. The third kappa shape index (κ3) is 3.80. The fraction of sp³-hybridized carbons (Fsp3) is 0.0714. The molecule has 6 nitrogen and oxygen atoms in total. The Hall–Kier alpha value is -2.38. The number of carbonyl (C=O) groups is 1. The predicted molar refractivity (Wildman–Crippen MR) is 77.2 cm³/mol. The van der Waals surface area contributed by atoms with E-state index >= 15 is 0 Å². The lowest BCUT2D eigenvalue weighted by Crippen LogP contribution is -2.11. The molecule has 21 heavy (non-hydrogen) atoms. The Kier molecular flexibility index (Phi) is 4.25. The van der Waals surface area contributed by atoms with Gasteiger partial charge in [-0.05, 0) is 48.5 Å². The van der Waals surface area contributed by atoms with E-state index in [-0.39, 0.29) is 10.8 Å². The lowest BCUT2D eigenvalue weighted by molar-refractivity contribution is 0.102. The number of methoxy groups -OCH3 is 1. The first-order valence-electron chi connectivity index (χ1n) is 5.93. The molecule has 7 heteroatoms. The van der Waals surface area contributed by atoms with Crippen molar-refractivity contribution in [2.75, 3.05) is 12.4 Å². The maximum absolute atomic E-state index is 12.0. The van der Waals surface area contributed by atoms with E-state index < -0.39 is 10.1 Å². The van der Waals surface area contributed by atoms with Crippen molar-refractivity contribution in [3.63, 3.8) is 0 Å². The summed E-state index contributed by atoms with van der Waals surface area (Å²) < 4.78 is 35.7. The fourth-order valence-corrected chi connectivity index (χ4v) is 2.14. The van der Waals surface area contributed by atoms with Gasteiger partial charge in [0, 0.05) is 11.3 Å². The zero-order valence-corrected chi connectivity index (χ0v) is 11.9. The zero-order chi connectivity index (χ0) is 15.5. The van der Waals surface area contributed by atoms with Gasteiger partial charge in [-0.3, -0.25) is 9.35 Å². The Labute approximate surface area is 122 Å². The van der Waals surface area contributed by atoms with Crippen LogP contribution in [0.25, 0.3) is 0 Å². The van der Waals surface area contributed by atoms with Gasteiger partial charge in [0.2, 0.25) is 0 Å². The molecule has 110 valence electrons. The first-order valence-corrected chi connectivity index (χ1v) is 7.37. The summed E-state index contributed by atoms with van der Waals surface area (Å²) >= 11 is 0. The fourth-order valence-electron chi connectivity index (χ4n) is 1.66. The van der Waals surface area contributed by atoms with Crippen molar-refractivity contribution < 1.29 is 22.5 Å². The molecule has 2 N–H and O–H groups in total. The van der Waals surface area contributed by atoms with Gasteiger partial charge in [-0.15, -0.1) is 0 Å². The molecule has 0 aliphatic rings. The van der Waals surface area contributed by atoms with Gasteiger partial charge < -0.3 is 10.1 Å². The number of hydrogen-bond donors (Lipinski definition) is 2. The molecule has 0 heterocycles. The molecule has 0 unspecified atom stereocenters. The molecular formula is C14H13NO5S. The summed E-state index contributed by atoms with van der Waals surface area (Å²) in [7, 11) is -2.70. The summed E-state index contributed by atoms with van der Waals surface area (Å²) in [5.74, 6) is 0.307. The molecule has 0 atom stereocenters. The summed E-state index contributed by atoms with van der Waals surface area (Å²) in [4.78, 5) is 11.7. The molecule has 2 aromatic rings. The van der Waals surface area contributed by atoms with Crippen LogP contribution in [0.5, 0.6) is 5.75 Å². The number of benzene rings is 2. The van der Waals surface area contributed by atoms with E-state index in [9.17, 15) is 13.2 Å². The van der Waals surface area contributed by atoms with Gasteiger partial charge in [-0.1, -0.05) is 0 Å². The second kappa shape index (κ2) is 5.94. The van der Waals surface area contributed by atoms with Crippen LogP contribution in [-0.2, 0) is 10.1 Å². The van der Waals surface area contributed by atoms with Crippen molar-refractivity contribution in [3.8, 4) is 5.75 Å². The van der Waals surface area contributed by atoms with Crippen molar-refractivity contribution >= 4 is 21.7 Å². The Morgan fingerprint density at radius 1 is 1.05 bits per heavy atom. The van der Waals surface area contributed by atoms with Gasteiger partial charge in [0.1, 0.15) is 5.75 Å². The highest BCUT2D eigenvalue weighted by atomic mass is 32.2. The zero-order valence-electron chi connectivity index (χ0n) is 11.1. The van der Waals surface area contributed by atoms with Crippen LogP contribution in [0.1, 0.15) is 10.4 Å². The summed E-state index contributed by atoms with van der Waals surface area (Å²) in [5, 5.41) is 2.62. The molecule has 1 amide bonds. The van der Waals surface area contributed by atoms with Crippen LogP contribution in [0, 0.1) is 0 Å². The van der Waals surface area contributed by atoms with Crippen LogP contribution in [0.4, 0.5) is 5.69 Å². The molecule has 0 radical (unpaired) electrons. The molecule has 0 aliphatic heterocycles. The highest BCUT2D eigenvalue weighted by Gasteiger charge is 2.10. The van der Waals surface area contributed by atoms with Gasteiger partial charge in [-0.25, -0.2) is 0 Å². The van der Waals surface area contributed by atoms with E-state index in [1.807, 2.05) is 0 Å². The van der Waals surface area contributed by atoms with Crippen LogP contribution in [0.15, 0.2) is 53.4 Å². The monoisotopic (exact) mass is 307 g/mol.